The summed E-state index contributed by atoms with van der Waals surface area (Å²) in [5.41, 5.74) is 0.140. The zero-order valence-corrected chi connectivity index (χ0v) is 12.8. The maximum atomic E-state index is 11.6. The minimum atomic E-state index is -0.549. The van der Waals surface area contributed by atoms with E-state index in [2.05, 4.69) is 21.5 Å². The SMILES string of the molecule is COC(=O)c1nc(N2CCSC(C)C2)sc1C(C)=O. The molecule has 19 heavy (non-hydrogen) atoms. The summed E-state index contributed by atoms with van der Waals surface area (Å²) in [5, 5.41) is 1.26. The number of thiazole rings is 1. The Morgan fingerprint density at radius 1 is 1.47 bits per heavy atom. The summed E-state index contributed by atoms with van der Waals surface area (Å²) >= 11 is 3.20. The Kier molecular flexibility index (Phi) is 4.46. The number of ketones is 1. The van der Waals surface area contributed by atoms with Crippen molar-refractivity contribution in [3.05, 3.63) is 10.6 Å². The van der Waals surface area contributed by atoms with Gasteiger partial charge in [0.25, 0.3) is 0 Å². The van der Waals surface area contributed by atoms with Crippen molar-refractivity contribution in [2.45, 2.75) is 19.1 Å². The molecule has 2 heterocycles. The van der Waals surface area contributed by atoms with Crippen molar-refractivity contribution in [1.82, 2.24) is 4.98 Å². The van der Waals surface area contributed by atoms with Crippen molar-refractivity contribution >= 4 is 40.0 Å². The first-order valence-corrected chi connectivity index (χ1v) is 7.86. The number of esters is 1. The molecule has 0 spiro atoms. The Bertz CT molecular complexity index is 501. The van der Waals surface area contributed by atoms with E-state index in [0.717, 1.165) is 24.0 Å². The number of hydrogen-bond donors (Lipinski definition) is 0. The fourth-order valence-corrected chi connectivity index (χ4v) is 3.91. The number of rotatable bonds is 3. The molecule has 1 atom stereocenters. The van der Waals surface area contributed by atoms with Crippen LogP contribution in [0.4, 0.5) is 5.13 Å². The lowest BCUT2D eigenvalue weighted by Gasteiger charge is -2.30. The van der Waals surface area contributed by atoms with E-state index in [9.17, 15) is 9.59 Å². The maximum absolute atomic E-state index is 11.6. The van der Waals surface area contributed by atoms with E-state index in [1.807, 2.05) is 11.8 Å². The van der Waals surface area contributed by atoms with Gasteiger partial charge in [0.2, 0.25) is 0 Å². The molecule has 1 aromatic heterocycles. The number of anilines is 1. The maximum Gasteiger partial charge on any atom is 0.358 e. The molecule has 0 aliphatic carbocycles. The molecule has 7 heteroatoms. The number of thioether (sulfide) groups is 1. The summed E-state index contributed by atoms with van der Waals surface area (Å²) in [5.74, 6) is 0.333. The zero-order valence-electron chi connectivity index (χ0n) is 11.1. The predicted molar refractivity (Wildman–Crippen MR) is 77.6 cm³/mol. The summed E-state index contributed by atoms with van der Waals surface area (Å²) in [6.07, 6.45) is 0. The van der Waals surface area contributed by atoms with Gasteiger partial charge in [-0.3, -0.25) is 4.79 Å². The van der Waals surface area contributed by atoms with Crippen molar-refractivity contribution < 1.29 is 14.3 Å². The van der Waals surface area contributed by atoms with Gasteiger partial charge in [-0.15, -0.1) is 0 Å². The fourth-order valence-electron chi connectivity index (χ4n) is 1.91. The molecule has 0 radical (unpaired) electrons. The second-order valence-corrected chi connectivity index (χ2v) is 6.87. The van der Waals surface area contributed by atoms with Gasteiger partial charge >= 0.3 is 5.97 Å². The molecule has 1 saturated heterocycles. The summed E-state index contributed by atoms with van der Waals surface area (Å²) < 4.78 is 4.68. The highest BCUT2D eigenvalue weighted by Crippen LogP contribution is 2.30. The van der Waals surface area contributed by atoms with E-state index >= 15 is 0 Å². The number of ether oxygens (including phenoxy) is 1. The van der Waals surface area contributed by atoms with Crippen molar-refractivity contribution in [3.63, 3.8) is 0 Å². The third-order valence-corrected chi connectivity index (χ3v) is 5.18. The van der Waals surface area contributed by atoms with Crippen LogP contribution in [0.15, 0.2) is 0 Å². The van der Waals surface area contributed by atoms with Crippen LogP contribution in [-0.2, 0) is 4.74 Å². The van der Waals surface area contributed by atoms with Gasteiger partial charge < -0.3 is 9.64 Å². The highest BCUT2D eigenvalue weighted by molar-refractivity contribution is 8.00. The second kappa shape index (κ2) is 5.92. The first kappa shape index (κ1) is 14.3. The number of carbonyl (C=O) groups is 2. The Morgan fingerprint density at radius 2 is 2.21 bits per heavy atom. The molecular weight excluding hydrogens is 284 g/mol. The largest absolute Gasteiger partial charge is 0.464 e. The van der Waals surface area contributed by atoms with Gasteiger partial charge in [-0.25, -0.2) is 9.78 Å². The van der Waals surface area contributed by atoms with Crippen LogP contribution in [-0.4, -0.2) is 47.9 Å². The molecule has 1 fully saturated rings. The molecule has 2 rings (SSSR count). The molecule has 0 saturated carbocycles. The average molecular weight is 300 g/mol. The third-order valence-electron chi connectivity index (χ3n) is 2.83. The van der Waals surface area contributed by atoms with Crippen LogP contribution < -0.4 is 4.90 Å². The van der Waals surface area contributed by atoms with Crippen LogP contribution in [0, 0.1) is 0 Å². The van der Waals surface area contributed by atoms with Gasteiger partial charge in [0.05, 0.1) is 7.11 Å². The van der Waals surface area contributed by atoms with Crippen molar-refractivity contribution in [2.24, 2.45) is 0 Å². The zero-order chi connectivity index (χ0) is 14.0. The van der Waals surface area contributed by atoms with Crippen LogP contribution >= 0.6 is 23.1 Å². The molecule has 104 valence electrons. The van der Waals surface area contributed by atoms with E-state index in [4.69, 9.17) is 0 Å². The Morgan fingerprint density at radius 3 is 2.79 bits per heavy atom. The molecule has 1 aliphatic heterocycles. The van der Waals surface area contributed by atoms with E-state index in [1.54, 1.807) is 0 Å². The highest BCUT2D eigenvalue weighted by Gasteiger charge is 2.26. The molecule has 0 aromatic carbocycles. The third kappa shape index (κ3) is 3.09. The van der Waals surface area contributed by atoms with Gasteiger partial charge in [0, 0.05) is 31.0 Å². The summed E-state index contributed by atoms with van der Waals surface area (Å²) in [6, 6.07) is 0. The minimum absolute atomic E-state index is 0.140. The topological polar surface area (TPSA) is 59.5 Å². The number of carbonyl (C=O) groups excluding carboxylic acids is 2. The molecule has 0 N–H and O–H groups in total. The first-order chi connectivity index (χ1) is 9.02. The monoisotopic (exact) mass is 300 g/mol. The normalized spacial score (nSPS) is 19.3. The van der Waals surface area contributed by atoms with Gasteiger partial charge in [-0.2, -0.15) is 11.8 Å². The molecule has 0 amide bonds. The van der Waals surface area contributed by atoms with E-state index in [0.29, 0.717) is 10.1 Å². The molecule has 0 bridgehead atoms. The number of methoxy groups -OCH3 is 1. The lowest BCUT2D eigenvalue weighted by Crippen LogP contribution is -2.36. The van der Waals surface area contributed by atoms with Gasteiger partial charge in [0.1, 0.15) is 4.88 Å². The summed E-state index contributed by atoms with van der Waals surface area (Å²) in [7, 11) is 1.30. The smallest absolute Gasteiger partial charge is 0.358 e. The molecule has 1 unspecified atom stereocenters. The number of nitrogens with zero attached hydrogens (tertiary/aromatic N) is 2. The Balaban J connectivity index is 2.31. The second-order valence-electron chi connectivity index (χ2n) is 4.35. The molecular formula is C12H16N2O3S2. The highest BCUT2D eigenvalue weighted by atomic mass is 32.2. The van der Waals surface area contributed by atoms with Crippen molar-refractivity contribution in [3.8, 4) is 0 Å². The average Bonchev–Trinajstić information content (AvgIpc) is 2.83. The number of hydrogen-bond acceptors (Lipinski definition) is 7. The summed E-state index contributed by atoms with van der Waals surface area (Å²) in [6.45, 7) is 5.38. The van der Waals surface area contributed by atoms with Crippen molar-refractivity contribution in [1.29, 1.82) is 0 Å². The lowest BCUT2D eigenvalue weighted by molar-refractivity contribution is 0.0591. The molecule has 5 nitrogen and oxygen atoms in total. The van der Waals surface area contributed by atoms with Gasteiger partial charge in [-0.1, -0.05) is 18.3 Å². The minimum Gasteiger partial charge on any atom is -0.464 e. The van der Waals surface area contributed by atoms with Crippen LogP contribution in [0.2, 0.25) is 0 Å². The van der Waals surface area contributed by atoms with Crippen LogP contribution in [0.25, 0.3) is 0 Å². The van der Waals surface area contributed by atoms with E-state index < -0.39 is 5.97 Å². The summed E-state index contributed by atoms with van der Waals surface area (Å²) in [4.78, 5) is 30.0. The standard InChI is InChI=1S/C12H16N2O3S2/c1-7-6-14(4-5-18-7)12-13-9(11(16)17-3)10(19-12)8(2)15/h7H,4-6H2,1-3H3. The quantitative estimate of drug-likeness (QED) is 0.629. The lowest BCUT2D eigenvalue weighted by atomic mass is 10.3. The van der Waals surface area contributed by atoms with Crippen LogP contribution in [0.1, 0.15) is 34.0 Å². The van der Waals surface area contributed by atoms with E-state index in [1.165, 1.54) is 25.4 Å². The number of Topliss-reactive ketones (excluding diaryl/α,β-unsaturated/α-hetero) is 1. The van der Waals surface area contributed by atoms with Gasteiger partial charge in [0.15, 0.2) is 16.6 Å². The van der Waals surface area contributed by atoms with Gasteiger partial charge in [-0.05, 0) is 0 Å². The first-order valence-electron chi connectivity index (χ1n) is 5.99. The fraction of sp³-hybridized carbons (Fsp3) is 0.583. The predicted octanol–water partition coefficient (Wildman–Crippen LogP) is 2.07. The molecule has 1 aliphatic rings. The van der Waals surface area contributed by atoms with Crippen molar-refractivity contribution in [2.75, 3.05) is 30.9 Å². The molecule has 1 aromatic rings. The van der Waals surface area contributed by atoms with Crippen LogP contribution in [0.3, 0.4) is 0 Å². The number of aromatic nitrogens is 1. The van der Waals surface area contributed by atoms with E-state index in [-0.39, 0.29) is 11.5 Å². The van der Waals surface area contributed by atoms with Crippen LogP contribution in [0.5, 0.6) is 0 Å². The Labute approximate surface area is 120 Å². The Hall–Kier alpha value is -1.08.